The Bertz CT molecular complexity index is 562. The van der Waals surface area contributed by atoms with Crippen molar-refractivity contribution in [2.24, 2.45) is 0 Å². The van der Waals surface area contributed by atoms with Crippen molar-refractivity contribution in [2.75, 3.05) is 0 Å². The first-order valence-corrected chi connectivity index (χ1v) is 5.81. The highest BCUT2D eigenvalue weighted by Gasteiger charge is 2.20. The van der Waals surface area contributed by atoms with Crippen molar-refractivity contribution in [3.8, 4) is 17.2 Å². The molecule has 2 aromatic carbocycles. The molecule has 0 radical (unpaired) electrons. The highest BCUT2D eigenvalue weighted by Crippen LogP contribution is 2.42. The van der Waals surface area contributed by atoms with Crippen molar-refractivity contribution in [1.82, 2.24) is 0 Å². The average molecular weight is 244 g/mol. The van der Waals surface area contributed by atoms with Gasteiger partial charge in [-0.15, -0.1) is 0 Å². The predicted octanol–water partition coefficient (Wildman–Crippen LogP) is 3.26. The summed E-state index contributed by atoms with van der Waals surface area (Å²) in [6.07, 6.45) is 0. The Kier molecular flexibility index (Phi) is 3.15. The molecule has 0 aromatic heterocycles. The van der Waals surface area contributed by atoms with Crippen molar-refractivity contribution in [3.63, 3.8) is 0 Å². The summed E-state index contributed by atoms with van der Waals surface area (Å²) in [5.41, 5.74) is 1.82. The molecule has 3 nitrogen and oxygen atoms in total. The van der Waals surface area contributed by atoms with Crippen LogP contribution >= 0.6 is 0 Å². The van der Waals surface area contributed by atoms with Gasteiger partial charge in [0.05, 0.1) is 0 Å². The second kappa shape index (κ2) is 4.61. The summed E-state index contributed by atoms with van der Waals surface area (Å²) < 4.78 is 0. The van der Waals surface area contributed by atoms with Crippen LogP contribution in [0.2, 0.25) is 0 Å². The molecular weight excluding hydrogens is 228 g/mol. The fourth-order valence-electron chi connectivity index (χ4n) is 2.10. The van der Waals surface area contributed by atoms with Crippen LogP contribution in [-0.4, -0.2) is 15.3 Å². The number of hydrogen-bond acceptors (Lipinski definition) is 3. The van der Waals surface area contributed by atoms with Crippen molar-refractivity contribution in [2.45, 2.75) is 19.8 Å². The minimum atomic E-state index is -0.148. The van der Waals surface area contributed by atoms with E-state index >= 15 is 0 Å². The minimum Gasteiger partial charge on any atom is -0.507 e. The zero-order valence-corrected chi connectivity index (χ0v) is 10.4. The van der Waals surface area contributed by atoms with Crippen molar-refractivity contribution >= 4 is 0 Å². The van der Waals surface area contributed by atoms with Gasteiger partial charge >= 0.3 is 0 Å². The first kappa shape index (κ1) is 12.3. The lowest BCUT2D eigenvalue weighted by Gasteiger charge is -2.17. The van der Waals surface area contributed by atoms with Crippen LogP contribution < -0.4 is 0 Å². The van der Waals surface area contributed by atoms with E-state index in [2.05, 4.69) is 0 Å². The summed E-state index contributed by atoms with van der Waals surface area (Å²) in [6.45, 7) is 3.52. The molecule has 0 aliphatic carbocycles. The SMILES string of the molecule is Cc1c(O)cc(O)c(C(C)c2ccccc2)c1O. The van der Waals surface area contributed by atoms with E-state index in [1.54, 1.807) is 6.92 Å². The van der Waals surface area contributed by atoms with E-state index in [0.717, 1.165) is 5.56 Å². The highest BCUT2D eigenvalue weighted by atomic mass is 16.3. The van der Waals surface area contributed by atoms with Gasteiger partial charge < -0.3 is 15.3 Å². The number of hydrogen-bond donors (Lipinski definition) is 3. The van der Waals surface area contributed by atoms with E-state index in [0.29, 0.717) is 11.1 Å². The van der Waals surface area contributed by atoms with E-state index in [9.17, 15) is 15.3 Å². The molecule has 0 aliphatic rings. The molecule has 2 aromatic rings. The van der Waals surface area contributed by atoms with Crippen molar-refractivity contribution in [1.29, 1.82) is 0 Å². The van der Waals surface area contributed by atoms with Crippen LogP contribution in [0.1, 0.15) is 29.5 Å². The van der Waals surface area contributed by atoms with Crippen LogP contribution in [0, 0.1) is 6.92 Å². The van der Waals surface area contributed by atoms with Gasteiger partial charge in [-0.05, 0) is 12.5 Å². The van der Waals surface area contributed by atoms with Crippen molar-refractivity contribution in [3.05, 3.63) is 53.1 Å². The van der Waals surface area contributed by atoms with Gasteiger partial charge in [-0.25, -0.2) is 0 Å². The maximum absolute atomic E-state index is 10.1. The van der Waals surface area contributed by atoms with Crippen LogP contribution in [0.15, 0.2) is 36.4 Å². The second-order valence-corrected chi connectivity index (χ2v) is 4.43. The van der Waals surface area contributed by atoms with Crippen LogP contribution in [0.4, 0.5) is 0 Å². The third-order valence-electron chi connectivity index (χ3n) is 3.28. The highest BCUT2D eigenvalue weighted by molar-refractivity contribution is 5.58. The van der Waals surface area contributed by atoms with Crippen LogP contribution in [0.5, 0.6) is 17.2 Å². The molecule has 0 saturated carbocycles. The quantitative estimate of drug-likeness (QED) is 0.759. The topological polar surface area (TPSA) is 60.7 Å². The zero-order valence-electron chi connectivity index (χ0n) is 10.4. The lowest BCUT2D eigenvalue weighted by Crippen LogP contribution is -1.98. The van der Waals surface area contributed by atoms with E-state index in [-0.39, 0.29) is 23.2 Å². The lowest BCUT2D eigenvalue weighted by atomic mass is 9.90. The normalized spacial score (nSPS) is 12.3. The largest absolute Gasteiger partial charge is 0.507 e. The molecule has 1 atom stereocenters. The molecule has 94 valence electrons. The third kappa shape index (κ3) is 1.99. The van der Waals surface area contributed by atoms with Gasteiger partial charge in [-0.3, -0.25) is 0 Å². The van der Waals surface area contributed by atoms with Gasteiger partial charge in [0.2, 0.25) is 0 Å². The Hall–Kier alpha value is -2.16. The number of phenols is 3. The summed E-state index contributed by atoms with van der Waals surface area (Å²) in [4.78, 5) is 0. The molecule has 0 heterocycles. The molecule has 0 saturated heterocycles. The number of benzene rings is 2. The van der Waals surface area contributed by atoms with Gasteiger partial charge in [-0.2, -0.15) is 0 Å². The zero-order chi connectivity index (χ0) is 13.3. The van der Waals surface area contributed by atoms with Gasteiger partial charge in [0.1, 0.15) is 17.2 Å². The van der Waals surface area contributed by atoms with E-state index in [1.807, 2.05) is 37.3 Å². The molecule has 18 heavy (non-hydrogen) atoms. The first-order chi connectivity index (χ1) is 8.52. The lowest BCUT2D eigenvalue weighted by molar-refractivity contribution is 0.412. The minimum absolute atomic E-state index is 0.0520. The molecular formula is C15H16O3. The van der Waals surface area contributed by atoms with E-state index in [1.165, 1.54) is 6.07 Å². The Morgan fingerprint density at radius 1 is 0.944 bits per heavy atom. The molecule has 2 rings (SSSR count). The number of phenolic OH excluding ortho intramolecular Hbond substituents is 3. The third-order valence-corrected chi connectivity index (χ3v) is 3.28. The van der Waals surface area contributed by atoms with Gasteiger partial charge in [0.25, 0.3) is 0 Å². The van der Waals surface area contributed by atoms with E-state index in [4.69, 9.17) is 0 Å². The predicted molar refractivity (Wildman–Crippen MR) is 70.1 cm³/mol. The molecule has 1 unspecified atom stereocenters. The molecule has 3 N–H and O–H groups in total. The fourth-order valence-corrected chi connectivity index (χ4v) is 2.10. The fraction of sp³-hybridized carbons (Fsp3) is 0.200. The summed E-state index contributed by atoms with van der Waals surface area (Å²) in [7, 11) is 0. The Morgan fingerprint density at radius 3 is 2.17 bits per heavy atom. The van der Waals surface area contributed by atoms with E-state index < -0.39 is 0 Å². The maximum atomic E-state index is 10.1. The maximum Gasteiger partial charge on any atom is 0.129 e. The standard InChI is InChI=1S/C15H16O3/c1-9(11-6-4-3-5-7-11)14-13(17)8-12(16)10(2)15(14)18/h3-9,16-18H,1-2H3. The Morgan fingerprint density at radius 2 is 1.56 bits per heavy atom. The van der Waals surface area contributed by atoms with Crippen LogP contribution in [0.25, 0.3) is 0 Å². The molecule has 0 aliphatic heterocycles. The molecule has 3 heteroatoms. The monoisotopic (exact) mass is 244 g/mol. The van der Waals surface area contributed by atoms with Crippen LogP contribution in [-0.2, 0) is 0 Å². The summed E-state index contributed by atoms with van der Waals surface area (Å²) in [5.74, 6) is -0.393. The Balaban J connectivity index is 2.55. The van der Waals surface area contributed by atoms with Crippen molar-refractivity contribution < 1.29 is 15.3 Å². The number of aromatic hydroxyl groups is 3. The average Bonchev–Trinajstić information content (AvgIpc) is 2.37. The summed E-state index contributed by atoms with van der Waals surface area (Å²) >= 11 is 0. The smallest absolute Gasteiger partial charge is 0.129 e. The molecule has 0 amide bonds. The van der Waals surface area contributed by atoms with Gasteiger partial charge in [0, 0.05) is 23.1 Å². The first-order valence-electron chi connectivity index (χ1n) is 5.81. The summed E-state index contributed by atoms with van der Waals surface area (Å²) in [6, 6.07) is 10.9. The summed E-state index contributed by atoms with van der Waals surface area (Å²) in [5, 5.41) is 29.5. The second-order valence-electron chi connectivity index (χ2n) is 4.43. The molecule has 0 spiro atoms. The van der Waals surface area contributed by atoms with Crippen LogP contribution in [0.3, 0.4) is 0 Å². The Labute approximate surface area is 106 Å². The van der Waals surface area contributed by atoms with Gasteiger partial charge in [-0.1, -0.05) is 37.3 Å². The number of rotatable bonds is 2. The van der Waals surface area contributed by atoms with Gasteiger partial charge in [0.15, 0.2) is 0 Å². The molecule has 0 fully saturated rings. The molecule has 0 bridgehead atoms.